The zero-order valence-electron chi connectivity index (χ0n) is 20.4. The largest absolute Gasteiger partial charge is 0.479 e. The van der Waals surface area contributed by atoms with Gasteiger partial charge in [-0.25, -0.2) is 9.59 Å². The van der Waals surface area contributed by atoms with Crippen molar-refractivity contribution in [3.8, 4) is 0 Å². The van der Waals surface area contributed by atoms with Crippen molar-refractivity contribution < 1.29 is 34.1 Å². The van der Waals surface area contributed by atoms with Gasteiger partial charge in [0.2, 0.25) is 11.8 Å². The normalized spacial score (nSPS) is 36.9. The Balaban J connectivity index is 1.44. The van der Waals surface area contributed by atoms with Crippen molar-refractivity contribution in [1.82, 2.24) is 15.5 Å². The van der Waals surface area contributed by atoms with Crippen LogP contribution in [0.25, 0.3) is 0 Å². The second kappa shape index (κ2) is 8.70. The van der Waals surface area contributed by atoms with E-state index in [0.717, 1.165) is 12.8 Å². The number of aliphatic hydroxyl groups excluding tert-OH is 1. The van der Waals surface area contributed by atoms with Crippen LogP contribution in [0.3, 0.4) is 0 Å². The number of rotatable bonds is 7. The summed E-state index contributed by atoms with van der Waals surface area (Å²) in [7, 11) is 0. The van der Waals surface area contributed by atoms with Gasteiger partial charge in [-0.3, -0.25) is 9.59 Å². The summed E-state index contributed by atoms with van der Waals surface area (Å²) in [5.74, 6) is -1.05. The Bertz CT molecular complexity index is 861. The van der Waals surface area contributed by atoms with Crippen LogP contribution >= 0.6 is 0 Å². The first-order chi connectivity index (χ1) is 15.9. The molecule has 1 saturated heterocycles. The predicted octanol–water partition coefficient (Wildman–Crippen LogP) is 1.26. The Hall–Kier alpha value is -2.36. The summed E-state index contributed by atoms with van der Waals surface area (Å²) in [5.41, 5.74) is -2.00. The van der Waals surface area contributed by atoms with Gasteiger partial charge in [-0.05, 0) is 48.9 Å². The first kappa shape index (κ1) is 24.8. The molecule has 4 aliphatic rings. The van der Waals surface area contributed by atoms with Gasteiger partial charge < -0.3 is 30.5 Å². The van der Waals surface area contributed by atoms with E-state index < -0.39 is 53.0 Å². The molecule has 4 N–H and O–H groups in total. The van der Waals surface area contributed by atoms with Crippen molar-refractivity contribution in [2.24, 2.45) is 23.2 Å². The summed E-state index contributed by atoms with van der Waals surface area (Å²) in [6.07, 6.45) is 2.17. The SMILES string of the molecule is CC[C@@H]1C[C@]1(NC(=O)[C@@H]1C[C@@H](O)CN1C(=O)C(NC(=O)O[C@@H]1C[C@@H]2C[C@@H]2C1)C(C)(C)C)C(=O)O. The smallest absolute Gasteiger partial charge is 0.408 e. The maximum Gasteiger partial charge on any atom is 0.408 e. The van der Waals surface area contributed by atoms with Crippen LogP contribution in [0.1, 0.15) is 66.2 Å². The maximum atomic E-state index is 13.6. The van der Waals surface area contributed by atoms with Crippen molar-refractivity contribution in [3.05, 3.63) is 0 Å². The average Bonchev–Trinajstić information content (AvgIpc) is 3.56. The highest BCUT2D eigenvalue weighted by atomic mass is 16.6. The highest BCUT2D eigenvalue weighted by molar-refractivity contribution is 5.96. The van der Waals surface area contributed by atoms with Gasteiger partial charge in [0.1, 0.15) is 23.7 Å². The fourth-order valence-electron chi connectivity index (χ4n) is 5.77. The number of β-amino-alcohol motifs (C(OH)–C–C–N with tert-alkyl or cyclic N) is 1. The fraction of sp³-hybridized carbons (Fsp3) is 0.833. The number of carboxylic acids is 1. The Morgan fingerprint density at radius 2 is 1.76 bits per heavy atom. The highest BCUT2D eigenvalue weighted by Crippen LogP contribution is 2.52. The van der Waals surface area contributed by atoms with E-state index in [2.05, 4.69) is 10.6 Å². The predicted molar refractivity (Wildman–Crippen MR) is 121 cm³/mol. The van der Waals surface area contributed by atoms with Gasteiger partial charge in [0.05, 0.1) is 6.10 Å². The van der Waals surface area contributed by atoms with Crippen molar-refractivity contribution in [3.63, 3.8) is 0 Å². The molecule has 0 aromatic rings. The van der Waals surface area contributed by atoms with E-state index in [9.17, 15) is 29.4 Å². The van der Waals surface area contributed by atoms with Gasteiger partial charge in [-0.1, -0.05) is 34.1 Å². The maximum absolute atomic E-state index is 13.6. The van der Waals surface area contributed by atoms with E-state index >= 15 is 0 Å². The number of carbonyl (C=O) groups excluding carboxylic acids is 3. The molecule has 3 saturated carbocycles. The molecule has 0 radical (unpaired) electrons. The molecule has 10 nitrogen and oxygen atoms in total. The molecule has 0 aromatic heterocycles. The van der Waals surface area contributed by atoms with Crippen LogP contribution in [0.4, 0.5) is 4.79 Å². The minimum Gasteiger partial charge on any atom is -0.479 e. The molecule has 1 unspecified atom stereocenters. The molecule has 4 rings (SSSR count). The molecule has 3 aliphatic carbocycles. The van der Waals surface area contributed by atoms with E-state index in [0.29, 0.717) is 24.7 Å². The number of carbonyl (C=O) groups is 4. The van der Waals surface area contributed by atoms with E-state index in [4.69, 9.17) is 4.74 Å². The monoisotopic (exact) mass is 479 g/mol. The summed E-state index contributed by atoms with van der Waals surface area (Å²) >= 11 is 0. The van der Waals surface area contributed by atoms with Crippen molar-refractivity contribution in [1.29, 1.82) is 0 Å². The van der Waals surface area contributed by atoms with Crippen LogP contribution in [0.2, 0.25) is 0 Å². The van der Waals surface area contributed by atoms with Crippen LogP contribution in [0.15, 0.2) is 0 Å². The first-order valence-corrected chi connectivity index (χ1v) is 12.4. The molecular weight excluding hydrogens is 442 g/mol. The topological polar surface area (TPSA) is 145 Å². The number of ether oxygens (including phenoxy) is 1. The van der Waals surface area contributed by atoms with Gasteiger partial charge in [0.25, 0.3) is 0 Å². The number of carboxylic acid groups (broad SMARTS) is 1. The summed E-state index contributed by atoms with van der Waals surface area (Å²) in [6.45, 7) is 7.21. The number of hydrogen-bond acceptors (Lipinski definition) is 6. The first-order valence-electron chi connectivity index (χ1n) is 12.4. The third-order valence-corrected chi connectivity index (χ3v) is 8.04. The number of fused-ring (bicyclic) bond motifs is 1. The van der Waals surface area contributed by atoms with Crippen molar-refractivity contribution in [2.45, 2.75) is 96.1 Å². The quantitative estimate of drug-likeness (QED) is 0.430. The Morgan fingerprint density at radius 1 is 1.12 bits per heavy atom. The second-order valence-corrected chi connectivity index (χ2v) is 11.7. The molecular formula is C24H37N3O7. The Labute approximate surface area is 199 Å². The number of aliphatic carboxylic acids is 1. The fourth-order valence-corrected chi connectivity index (χ4v) is 5.77. The van der Waals surface area contributed by atoms with Crippen LogP contribution in [-0.2, 0) is 19.1 Å². The summed E-state index contributed by atoms with van der Waals surface area (Å²) < 4.78 is 5.56. The molecule has 190 valence electrons. The lowest BCUT2D eigenvalue weighted by molar-refractivity contribution is -0.146. The zero-order chi connectivity index (χ0) is 25.0. The minimum absolute atomic E-state index is 0.0101. The van der Waals surface area contributed by atoms with Gasteiger partial charge >= 0.3 is 12.1 Å². The molecule has 4 fully saturated rings. The number of amides is 3. The van der Waals surface area contributed by atoms with Crippen LogP contribution < -0.4 is 10.6 Å². The standard InChI is InChI=1S/C24H37N3O7/c1-5-14-10-24(14,21(31)32)26-19(29)17-9-15(28)11-27(17)20(30)18(23(2,3)4)25-22(33)34-16-7-12-6-13(12)8-16/h12-18,28H,5-11H2,1-4H3,(H,25,33)(H,26,29)(H,31,32)/t12-,13+,14-,15-,16+,17+,18?,24-/m1/s1. The number of nitrogens with zero attached hydrogens (tertiary/aromatic N) is 1. The van der Waals surface area contributed by atoms with Crippen LogP contribution in [-0.4, -0.2) is 75.4 Å². The third kappa shape index (κ3) is 4.74. The Kier molecular flexibility index (Phi) is 6.33. The van der Waals surface area contributed by atoms with Crippen LogP contribution in [0, 0.1) is 23.2 Å². The molecule has 34 heavy (non-hydrogen) atoms. The van der Waals surface area contributed by atoms with Crippen LogP contribution in [0.5, 0.6) is 0 Å². The summed E-state index contributed by atoms with van der Waals surface area (Å²) in [4.78, 5) is 52.3. The molecule has 3 amide bonds. The lowest BCUT2D eigenvalue weighted by Gasteiger charge is -2.35. The lowest BCUT2D eigenvalue weighted by Crippen LogP contribution is -2.59. The molecule has 0 spiro atoms. The molecule has 1 heterocycles. The number of alkyl carbamates (subject to hydrolysis) is 1. The number of likely N-dealkylation sites (tertiary alicyclic amines) is 1. The third-order valence-electron chi connectivity index (χ3n) is 8.04. The van der Waals surface area contributed by atoms with Gasteiger partial charge in [-0.2, -0.15) is 0 Å². The summed E-state index contributed by atoms with van der Waals surface area (Å²) in [5, 5.41) is 25.3. The minimum atomic E-state index is -1.32. The second-order valence-electron chi connectivity index (χ2n) is 11.7. The summed E-state index contributed by atoms with van der Waals surface area (Å²) in [6, 6.07) is -1.99. The molecule has 1 aliphatic heterocycles. The Morgan fingerprint density at radius 3 is 2.29 bits per heavy atom. The lowest BCUT2D eigenvalue weighted by atomic mass is 9.85. The van der Waals surface area contributed by atoms with Crippen molar-refractivity contribution in [2.75, 3.05) is 6.54 Å². The molecule has 10 heteroatoms. The molecule has 0 aromatic carbocycles. The number of aliphatic hydroxyl groups is 1. The highest BCUT2D eigenvalue weighted by Gasteiger charge is 2.61. The molecule has 8 atom stereocenters. The van der Waals surface area contributed by atoms with Gasteiger partial charge in [0, 0.05) is 13.0 Å². The van der Waals surface area contributed by atoms with E-state index in [1.807, 2.05) is 6.92 Å². The number of nitrogens with one attached hydrogen (secondary N) is 2. The van der Waals surface area contributed by atoms with Gasteiger partial charge in [0.15, 0.2) is 0 Å². The average molecular weight is 480 g/mol. The zero-order valence-corrected chi connectivity index (χ0v) is 20.4. The van der Waals surface area contributed by atoms with E-state index in [1.54, 1.807) is 20.8 Å². The van der Waals surface area contributed by atoms with E-state index in [-0.39, 0.29) is 25.0 Å². The molecule has 0 bridgehead atoms. The number of hydrogen-bond donors (Lipinski definition) is 4. The van der Waals surface area contributed by atoms with Crippen molar-refractivity contribution >= 4 is 23.9 Å². The van der Waals surface area contributed by atoms with Gasteiger partial charge in [-0.15, -0.1) is 0 Å². The van der Waals surface area contributed by atoms with E-state index in [1.165, 1.54) is 11.3 Å².